The Morgan fingerprint density at radius 1 is 1.02 bits per heavy atom. The van der Waals surface area contributed by atoms with Gasteiger partial charge in [-0.15, -0.1) is 0 Å². The number of benzene rings is 2. The zero-order chi connectivity index (χ0) is 43.1. The first-order valence-electron chi connectivity index (χ1n) is 21.8. The van der Waals surface area contributed by atoms with Gasteiger partial charge in [0.25, 0.3) is 0 Å². The van der Waals surface area contributed by atoms with E-state index in [0.29, 0.717) is 37.5 Å². The lowest BCUT2D eigenvalue weighted by Crippen LogP contribution is -2.77. The molecule has 7 aliphatic rings. The second-order valence-electron chi connectivity index (χ2n) is 19.5. The number of hydrogen-bond acceptors (Lipinski definition) is 16. The number of phenolic OH excluding ortho intramolecular Hbond substituents is 2. The highest BCUT2D eigenvalue weighted by atomic mass is 33.1. The van der Waals surface area contributed by atoms with Crippen molar-refractivity contribution in [3.05, 3.63) is 28.8 Å². The van der Waals surface area contributed by atoms with E-state index in [2.05, 4.69) is 10.9 Å². The van der Waals surface area contributed by atoms with Crippen LogP contribution in [0, 0.1) is 35.0 Å². The summed E-state index contributed by atoms with van der Waals surface area (Å²) in [6.07, 6.45) is 4.92. The summed E-state index contributed by atoms with van der Waals surface area (Å²) in [5.74, 6) is -2.02. The first kappa shape index (κ1) is 43.8. The molecular formula is C44H60N2O13S2. The molecule has 3 saturated carbocycles. The zero-order valence-corrected chi connectivity index (χ0v) is 36.5. The SMILES string of the molecule is CC(=O)c1c(C)c(O)c2cc(C(=O)O)cc(OC3OC(CO)C4(CCC56CC7(CC8COCC(CCCO)(CSSCO4)C85)CC4(CCCC4)CC7NN6)C(O)C3O)c2c1O. The maximum Gasteiger partial charge on any atom is 0.335 e. The van der Waals surface area contributed by atoms with E-state index in [-0.39, 0.29) is 74.8 Å². The number of ether oxygens (including phenoxy) is 4. The van der Waals surface area contributed by atoms with Crippen LogP contribution in [0.1, 0.15) is 110 Å². The lowest BCUT2D eigenvalue weighted by Gasteiger charge is -2.67. The molecule has 11 atom stereocenters. The Bertz CT molecular complexity index is 2050. The number of hydrazine groups is 1. The number of carboxylic acids is 1. The van der Waals surface area contributed by atoms with Crippen molar-refractivity contribution in [1.82, 2.24) is 10.9 Å². The van der Waals surface area contributed by atoms with Gasteiger partial charge in [0.05, 0.1) is 29.7 Å². The number of aliphatic hydroxyl groups excluding tert-OH is 4. The third kappa shape index (κ3) is 6.98. The van der Waals surface area contributed by atoms with Crippen LogP contribution < -0.4 is 15.6 Å². The number of hydrogen-bond donors (Lipinski definition) is 9. The number of aliphatic hydroxyl groups is 4. The van der Waals surface area contributed by atoms with Crippen molar-refractivity contribution in [2.45, 2.75) is 133 Å². The molecule has 61 heavy (non-hydrogen) atoms. The van der Waals surface area contributed by atoms with Gasteiger partial charge in [-0.3, -0.25) is 15.6 Å². The lowest BCUT2D eigenvalue weighted by atomic mass is 9.46. The van der Waals surface area contributed by atoms with Crippen molar-refractivity contribution in [2.75, 3.05) is 38.1 Å². The van der Waals surface area contributed by atoms with Gasteiger partial charge in [-0.05, 0) is 113 Å². The predicted octanol–water partition coefficient (Wildman–Crippen LogP) is 4.54. The molecule has 336 valence electrons. The highest BCUT2D eigenvalue weighted by Crippen LogP contribution is 2.69. The average molecular weight is 889 g/mol. The Hall–Kier alpha value is -2.42. The number of carboxylic acid groups (broad SMARTS) is 1. The summed E-state index contributed by atoms with van der Waals surface area (Å²) in [4.78, 5) is 24.9. The minimum atomic E-state index is -1.81. The van der Waals surface area contributed by atoms with E-state index in [0.717, 1.165) is 50.0 Å². The Morgan fingerprint density at radius 2 is 1.80 bits per heavy atom. The number of carbonyl (C=O) groups is 2. The fourth-order valence-corrected chi connectivity index (χ4v) is 16.3. The number of carbonyl (C=O) groups excluding carboxylic acids is 1. The van der Waals surface area contributed by atoms with E-state index >= 15 is 0 Å². The van der Waals surface area contributed by atoms with Crippen LogP contribution in [-0.4, -0.2) is 127 Å². The smallest absolute Gasteiger partial charge is 0.335 e. The standard InChI is InChI=1S/C44H60N2O13S2/c1-23-31(24(2)49)34(51)32-27(33(23)50)12-25(38(54)55)13-28(32)58-39-35(52)37(53)44(30(16-48)59-39)10-9-43-19-42(18-40(6-3-4-7-40)15-29(42)45-46-43)14-26-17-56-20-41(36(26)43,8-5-11-47)21-60-61-22-57-44/h12-13,26,29-30,35-37,39,45-48,50-53H,3-11,14-22H2,1-2H3,(H,54,55). The molecule has 9 rings (SSSR count). The van der Waals surface area contributed by atoms with E-state index in [9.17, 15) is 45.3 Å². The third-order valence-electron chi connectivity index (χ3n) is 16.2. The second-order valence-corrected chi connectivity index (χ2v) is 21.9. The molecule has 15 nitrogen and oxygen atoms in total. The minimum absolute atomic E-state index is 0.0286. The van der Waals surface area contributed by atoms with Gasteiger partial charge in [0.1, 0.15) is 47.1 Å². The Morgan fingerprint density at radius 3 is 2.52 bits per heavy atom. The van der Waals surface area contributed by atoms with Gasteiger partial charge in [0, 0.05) is 46.9 Å². The normalized spacial score (nSPS) is 39.4. The van der Waals surface area contributed by atoms with Gasteiger partial charge in [0.15, 0.2) is 5.78 Å². The maximum absolute atomic E-state index is 12.6. The Labute approximate surface area is 363 Å². The van der Waals surface area contributed by atoms with Gasteiger partial charge in [-0.1, -0.05) is 34.4 Å². The third-order valence-corrected chi connectivity index (χ3v) is 18.4. The summed E-state index contributed by atoms with van der Waals surface area (Å²) >= 11 is 0. The molecule has 11 unspecified atom stereocenters. The lowest BCUT2D eigenvalue weighted by molar-refractivity contribution is -0.323. The zero-order valence-electron chi connectivity index (χ0n) is 34.8. The number of phenols is 2. The van der Waals surface area contributed by atoms with Crippen molar-refractivity contribution in [3.8, 4) is 17.2 Å². The van der Waals surface area contributed by atoms with Gasteiger partial charge in [-0.25, -0.2) is 4.79 Å². The summed E-state index contributed by atoms with van der Waals surface area (Å²) in [5, 5.41) is 78.0. The number of fused-ring (bicyclic) bond motifs is 1. The molecule has 2 bridgehead atoms. The van der Waals surface area contributed by atoms with E-state index in [1.165, 1.54) is 50.3 Å². The number of aromatic carboxylic acids is 1. The summed E-state index contributed by atoms with van der Waals surface area (Å²) in [6.45, 7) is 3.30. The van der Waals surface area contributed by atoms with Crippen molar-refractivity contribution < 1.29 is 64.3 Å². The largest absolute Gasteiger partial charge is 0.507 e. The van der Waals surface area contributed by atoms with E-state index in [1.807, 2.05) is 0 Å². The summed E-state index contributed by atoms with van der Waals surface area (Å²) in [6, 6.07) is 2.54. The monoisotopic (exact) mass is 888 g/mol. The van der Waals surface area contributed by atoms with Gasteiger partial charge < -0.3 is 54.7 Å². The van der Waals surface area contributed by atoms with Crippen LogP contribution in [0.3, 0.4) is 0 Å². The van der Waals surface area contributed by atoms with Crippen LogP contribution in [0.15, 0.2) is 12.1 Å². The van der Waals surface area contributed by atoms with Crippen LogP contribution in [0.25, 0.3) is 10.8 Å². The van der Waals surface area contributed by atoms with E-state index < -0.39 is 65.6 Å². The molecule has 0 radical (unpaired) electrons. The predicted molar refractivity (Wildman–Crippen MR) is 226 cm³/mol. The molecule has 2 aromatic rings. The average Bonchev–Trinajstić information content (AvgIpc) is 3.80. The molecular weight excluding hydrogens is 829 g/mol. The van der Waals surface area contributed by atoms with Crippen LogP contribution in [0.2, 0.25) is 0 Å². The molecule has 17 heteroatoms. The first-order chi connectivity index (χ1) is 29.2. The number of Topliss-reactive ketones (excluding diaryl/α,β-unsaturated/α-hetero) is 1. The molecule has 4 heterocycles. The Kier molecular flexibility index (Phi) is 11.7. The molecule has 4 saturated heterocycles. The molecule has 0 aromatic heterocycles. The van der Waals surface area contributed by atoms with Gasteiger partial charge in [0.2, 0.25) is 6.29 Å². The maximum atomic E-state index is 12.6. The highest BCUT2D eigenvalue weighted by Gasteiger charge is 2.70. The van der Waals surface area contributed by atoms with Crippen LogP contribution in [0.4, 0.5) is 0 Å². The molecule has 0 amide bonds. The fourth-order valence-electron chi connectivity index (χ4n) is 13.9. The van der Waals surface area contributed by atoms with E-state index in [1.54, 1.807) is 10.8 Å². The quantitative estimate of drug-likeness (QED) is 0.101. The van der Waals surface area contributed by atoms with Crippen LogP contribution >= 0.6 is 21.6 Å². The van der Waals surface area contributed by atoms with Crippen molar-refractivity contribution in [1.29, 1.82) is 0 Å². The van der Waals surface area contributed by atoms with Gasteiger partial charge in [-0.2, -0.15) is 0 Å². The van der Waals surface area contributed by atoms with Crippen molar-refractivity contribution in [2.24, 2.45) is 28.1 Å². The summed E-state index contributed by atoms with van der Waals surface area (Å²) < 4.78 is 25.8. The Balaban J connectivity index is 1.09. The number of ketones is 1. The molecule has 2 aromatic carbocycles. The van der Waals surface area contributed by atoms with Crippen LogP contribution in [0.5, 0.6) is 17.2 Å². The molecule has 3 aliphatic carbocycles. The number of nitrogens with one attached hydrogen (secondary N) is 2. The molecule has 4 spiro atoms. The molecule has 9 N–H and O–H groups in total. The van der Waals surface area contributed by atoms with E-state index in [4.69, 9.17) is 18.9 Å². The van der Waals surface area contributed by atoms with Gasteiger partial charge >= 0.3 is 5.97 Å². The number of rotatable bonds is 8. The second kappa shape index (κ2) is 16.2. The summed E-state index contributed by atoms with van der Waals surface area (Å²) in [5.41, 5.74) is 5.32. The minimum Gasteiger partial charge on any atom is -0.507 e. The molecule has 4 aliphatic heterocycles. The van der Waals surface area contributed by atoms with Crippen molar-refractivity contribution >= 4 is 44.1 Å². The first-order valence-corrected chi connectivity index (χ1v) is 24.3. The fraction of sp³-hybridized carbons (Fsp3) is 0.727. The van der Waals surface area contributed by atoms with Crippen LogP contribution in [-0.2, 0) is 14.2 Å². The van der Waals surface area contributed by atoms with Crippen molar-refractivity contribution in [3.63, 3.8) is 0 Å². The summed E-state index contributed by atoms with van der Waals surface area (Å²) in [7, 11) is 3.13. The molecule has 7 fully saturated rings. The topological polar surface area (TPSA) is 237 Å². The number of aromatic hydroxyl groups is 2. The highest BCUT2D eigenvalue weighted by molar-refractivity contribution is 8.76.